The number of anilines is 1. The molecule has 3 aromatic heterocycles. The van der Waals surface area contributed by atoms with Crippen LogP contribution in [0, 0.1) is 0 Å². The van der Waals surface area contributed by atoms with Crippen molar-refractivity contribution in [1.82, 2.24) is 19.6 Å². The first-order valence-electron chi connectivity index (χ1n) is 9.90. The number of amides is 1. The van der Waals surface area contributed by atoms with Gasteiger partial charge in [-0.25, -0.2) is 9.78 Å². The molecule has 0 aromatic carbocycles. The van der Waals surface area contributed by atoms with Crippen molar-refractivity contribution in [3.63, 3.8) is 0 Å². The lowest BCUT2D eigenvalue weighted by Crippen LogP contribution is -2.35. The van der Waals surface area contributed by atoms with Gasteiger partial charge in [0.05, 0.1) is 10.2 Å². The van der Waals surface area contributed by atoms with Crippen LogP contribution in [0.15, 0.2) is 29.0 Å². The van der Waals surface area contributed by atoms with E-state index >= 15 is 0 Å². The van der Waals surface area contributed by atoms with E-state index in [-0.39, 0.29) is 17.6 Å². The Bertz CT molecular complexity index is 1140. The highest BCUT2D eigenvalue weighted by Gasteiger charge is 2.26. The molecule has 10 heteroatoms. The third-order valence-corrected chi connectivity index (χ3v) is 5.47. The molecule has 0 atom stereocenters. The van der Waals surface area contributed by atoms with Crippen LogP contribution in [0.25, 0.3) is 5.65 Å². The number of aromatic nitrogens is 4. The van der Waals surface area contributed by atoms with Crippen molar-refractivity contribution in [1.29, 1.82) is 0 Å². The van der Waals surface area contributed by atoms with E-state index in [2.05, 4.69) is 43.4 Å². The van der Waals surface area contributed by atoms with Gasteiger partial charge in [-0.15, -0.1) is 10.2 Å². The fraction of sp³-hybridized carbons (Fsp3) is 0.429. The van der Waals surface area contributed by atoms with Crippen LogP contribution in [0.3, 0.4) is 0 Å². The van der Waals surface area contributed by atoms with Crippen LogP contribution >= 0.6 is 27.5 Å². The summed E-state index contributed by atoms with van der Waals surface area (Å²) in [4.78, 5) is 18.3. The van der Waals surface area contributed by atoms with Gasteiger partial charge in [-0.3, -0.25) is 4.90 Å². The van der Waals surface area contributed by atoms with Crippen molar-refractivity contribution in [2.45, 2.75) is 51.7 Å². The minimum absolute atomic E-state index is 0.156. The Kier molecular flexibility index (Phi) is 5.83. The fourth-order valence-electron chi connectivity index (χ4n) is 3.09. The SMILES string of the molecule is CN(C(=O)OC(C)(C)C)c1nnc(Cl)cc1OCc1cn2cc(C3CC3)cc(Br)c2n1. The Morgan fingerprint density at radius 2 is 2.03 bits per heavy atom. The lowest BCUT2D eigenvalue weighted by molar-refractivity contribution is 0.0587. The second kappa shape index (κ2) is 8.27. The lowest BCUT2D eigenvalue weighted by atomic mass is 10.2. The lowest BCUT2D eigenvalue weighted by Gasteiger charge is -2.24. The summed E-state index contributed by atoms with van der Waals surface area (Å²) in [6, 6.07) is 3.65. The van der Waals surface area contributed by atoms with E-state index in [1.54, 1.807) is 27.8 Å². The highest BCUT2D eigenvalue weighted by molar-refractivity contribution is 9.10. The predicted octanol–water partition coefficient (Wildman–Crippen LogP) is 5.37. The first kappa shape index (κ1) is 21.8. The number of imidazole rings is 1. The number of carbonyl (C=O) groups is 1. The van der Waals surface area contributed by atoms with E-state index in [4.69, 9.17) is 21.1 Å². The number of nitrogens with zero attached hydrogens (tertiary/aromatic N) is 5. The minimum Gasteiger partial charge on any atom is -0.483 e. The van der Waals surface area contributed by atoms with Crippen LogP contribution in [-0.4, -0.2) is 38.3 Å². The van der Waals surface area contributed by atoms with Gasteiger partial charge in [0.15, 0.2) is 16.5 Å². The molecule has 1 aliphatic rings. The molecule has 3 heterocycles. The summed E-state index contributed by atoms with van der Waals surface area (Å²) in [5, 5.41) is 8.01. The normalized spacial score (nSPS) is 14.0. The molecule has 0 bridgehead atoms. The number of ether oxygens (including phenoxy) is 2. The van der Waals surface area contributed by atoms with E-state index in [0.29, 0.717) is 11.7 Å². The van der Waals surface area contributed by atoms with E-state index in [0.717, 1.165) is 15.8 Å². The van der Waals surface area contributed by atoms with Crippen molar-refractivity contribution in [2.75, 3.05) is 11.9 Å². The summed E-state index contributed by atoms with van der Waals surface area (Å²) in [5.41, 5.74) is 2.21. The van der Waals surface area contributed by atoms with Gasteiger partial charge in [0, 0.05) is 25.5 Å². The summed E-state index contributed by atoms with van der Waals surface area (Å²) in [7, 11) is 1.54. The van der Waals surface area contributed by atoms with Gasteiger partial charge in [0.1, 0.15) is 12.2 Å². The van der Waals surface area contributed by atoms with E-state index < -0.39 is 11.7 Å². The second-order valence-corrected chi connectivity index (χ2v) is 9.78. The molecule has 1 amide bonds. The maximum Gasteiger partial charge on any atom is 0.415 e. The zero-order chi connectivity index (χ0) is 22.3. The van der Waals surface area contributed by atoms with E-state index in [1.165, 1.54) is 29.4 Å². The number of halogens is 2. The van der Waals surface area contributed by atoms with Crippen LogP contribution in [0.4, 0.5) is 10.6 Å². The predicted molar refractivity (Wildman–Crippen MR) is 121 cm³/mol. The highest BCUT2D eigenvalue weighted by atomic mass is 79.9. The molecule has 0 aliphatic heterocycles. The van der Waals surface area contributed by atoms with Crippen LogP contribution in [-0.2, 0) is 11.3 Å². The number of hydrogen-bond donors (Lipinski definition) is 0. The number of fused-ring (bicyclic) bond motifs is 1. The van der Waals surface area contributed by atoms with Gasteiger partial charge in [-0.05, 0) is 67.1 Å². The topological polar surface area (TPSA) is 81.9 Å². The van der Waals surface area contributed by atoms with Gasteiger partial charge >= 0.3 is 6.09 Å². The van der Waals surface area contributed by atoms with Crippen molar-refractivity contribution in [3.8, 4) is 5.75 Å². The van der Waals surface area contributed by atoms with Gasteiger partial charge in [-0.1, -0.05) is 11.6 Å². The second-order valence-electron chi connectivity index (χ2n) is 8.54. The monoisotopic (exact) mass is 507 g/mol. The quantitative estimate of drug-likeness (QED) is 0.461. The van der Waals surface area contributed by atoms with E-state index in [1.807, 2.05) is 10.6 Å². The van der Waals surface area contributed by atoms with Crippen LogP contribution in [0.5, 0.6) is 5.75 Å². The van der Waals surface area contributed by atoms with Gasteiger partial charge < -0.3 is 13.9 Å². The Morgan fingerprint density at radius 3 is 2.71 bits per heavy atom. The Hall–Kier alpha value is -2.39. The fourth-order valence-corrected chi connectivity index (χ4v) is 3.79. The highest BCUT2D eigenvalue weighted by Crippen LogP contribution is 2.41. The Balaban J connectivity index is 1.55. The molecule has 0 unspecified atom stereocenters. The molecule has 8 nitrogen and oxygen atoms in total. The zero-order valence-corrected chi connectivity index (χ0v) is 20.1. The largest absolute Gasteiger partial charge is 0.483 e. The van der Waals surface area contributed by atoms with Gasteiger partial charge in [-0.2, -0.15) is 0 Å². The molecule has 1 fully saturated rings. The molecule has 1 saturated carbocycles. The number of carbonyl (C=O) groups excluding carboxylic acids is 1. The number of hydrogen-bond acceptors (Lipinski definition) is 6. The molecule has 31 heavy (non-hydrogen) atoms. The minimum atomic E-state index is -0.643. The Labute approximate surface area is 193 Å². The van der Waals surface area contributed by atoms with Crippen molar-refractivity contribution in [2.24, 2.45) is 0 Å². The molecular weight excluding hydrogens is 486 g/mol. The summed E-state index contributed by atoms with van der Waals surface area (Å²) in [5.74, 6) is 1.15. The summed E-state index contributed by atoms with van der Waals surface area (Å²) in [6.45, 7) is 5.55. The average molecular weight is 509 g/mol. The van der Waals surface area contributed by atoms with Crippen LogP contribution in [0.1, 0.15) is 50.8 Å². The number of rotatable bonds is 5. The smallest absolute Gasteiger partial charge is 0.415 e. The van der Waals surface area contributed by atoms with Crippen molar-refractivity contribution >= 4 is 45.1 Å². The molecule has 0 N–H and O–H groups in total. The molecule has 0 spiro atoms. The zero-order valence-electron chi connectivity index (χ0n) is 17.7. The maximum absolute atomic E-state index is 12.4. The molecule has 164 valence electrons. The van der Waals surface area contributed by atoms with Crippen molar-refractivity contribution < 1.29 is 14.3 Å². The van der Waals surface area contributed by atoms with E-state index in [9.17, 15) is 4.79 Å². The maximum atomic E-state index is 12.4. The standard InChI is InChI=1S/C21H23BrClN5O3/c1-21(2,3)31-20(29)27(4)19-16(8-17(23)25-26-19)30-11-14-10-28-9-13(12-5-6-12)7-15(22)18(28)24-14/h7-10,12H,5-6,11H2,1-4H3. The third-order valence-electron chi connectivity index (χ3n) is 4.70. The summed E-state index contributed by atoms with van der Waals surface area (Å²) >= 11 is 9.63. The summed E-state index contributed by atoms with van der Waals surface area (Å²) in [6.07, 6.45) is 5.93. The van der Waals surface area contributed by atoms with Crippen molar-refractivity contribution in [3.05, 3.63) is 45.4 Å². The first-order valence-corrected chi connectivity index (χ1v) is 11.1. The van der Waals surface area contributed by atoms with Gasteiger partial charge in [0.2, 0.25) is 5.82 Å². The molecule has 0 radical (unpaired) electrons. The summed E-state index contributed by atoms with van der Waals surface area (Å²) < 4.78 is 14.3. The Morgan fingerprint density at radius 1 is 1.29 bits per heavy atom. The molecular formula is C21H23BrClN5O3. The van der Waals surface area contributed by atoms with Gasteiger partial charge in [0.25, 0.3) is 0 Å². The average Bonchev–Trinajstić information content (AvgIpc) is 3.44. The van der Waals surface area contributed by atoms with Crippen LogP contribution in [0.2, 0.25) is 5.15 Å². The van der Waals surface area contributed by atoms with Crippen LogP contribution < -0.4 is 9.64 Å². The number of pyridine rings is 1. The molecule has 3 aromatic rings. The molecule has 0 saturated heterocycles. The third kappa shape index (κ3) is 5.10. The molecule has 4 rings (SSSR count). The molecule has 1 aliphatic carbocycles. The first-order chi connectivity index (χ1) is 14.6.